The van der Waals surface area contributed by atoms with Gasteiger partial charge in [0.05, 0.1) is 0 Å². The topological polar surface area (TPSA) is 12.0 Å². The van der Waals surface area contributed by atoms with Crippen molar-refractivity contribution >= 4 is 27.5 Å². The average Bonchev–Trinajstić information content (AvgIpc) is 2.15. The third kappa shape index (κ3) is 3.99. The molecule has 0 aliphatic rings. The van der Waals surface area contributed by atoms with Gasteiger partial charge < -0.3 is 5.32 Å². The quantitative estimate of drug-likeness (QED) is 0.810. The summed E-state index contributed by atoms with van der Waals surface area (Å²) in [6.07, 6.45) is 2.22. The summed E-state index contributed by atoms with van der Waals surface area (Å²) in [5.74, 6) is 0. The van der Waals surface area contributed by atoms with Crippen molar-refractivity contribution in [1.82, 2.24) is 5.32 Å². The predicted molar refractivity (Wildman–Crippen MR) is 66.0 cm³/mol. The molecule has 0 amide bonds. The average molecular weight is 277 g/mol. The molecule has 3 heteroatoms. The van der Waals surface area contributed by atoms with Gasteiger partial charge in [0.1, 0.15) is 0 Å². The van der Waals surface area contributed by atoms with Gasteiger partial charge in [-0.05, 0) is 43.6 Å². The summed E-state index contributed by atoms with van der Waals surface area (Å²) < 4.78 is 1.10. The molecule has 1 nitrogen and oxygen atoms in total. The van der Waals surface area contributed by atoms with Crippen molar-refractivity contribution in [2.45, 2.75) is 19.8 Å². The Balaban J connectivity index is 2.42. The van der Waals surface area contributed by atoms with Gasteiger partial charge in [0, 0.05) is 9.50 Å². The molecule has 1 aromatic carbocycles. The number of hydrogen-bond donors (Lipinski definition) is 1. The van der Waals surface area contributed by atoms with Gasteiger partial charge in [0.2, 0.25) is 0 Å². The number of hydrogen-bond acceptors (Lipinski definition) is 1. The molecule has 0 saturated carbocycles. The zero-order valence-electron chi connectivity index (χ0n) is 8.32. The van der Waals surface area contributed by atoms with Crippen LogP contribution in [0.2, 0.25) is 5.02 Å². The van der Waals surface area contributed by atoms with Gasteiger partial charge in [-0.3, -0.25) is 0 Å². The van der Waals surface area contributed by atoms with E-state index in [9.17, 15) is 0 Å². The lowest BCUT2D eigenvalue weighted by Gasteiger charge is -2.05. The third-order valence-electron chi connectivity index (χ3n) is 2.01. The Labute approximate surface area is 99.0 Å². The Morgan fingerprint density at radius 3 is 2.79 bits per heavy atom. The fourth-order valence-corrected chi connectivity index (χ4v) is 2.13. The van der Waals surface area contributed by atoms with Crippen LogP contribution in [0.4, 0.5) is 0 Å². The van der Waals surface area contributed by atoms with Crippen molar-refractivity contribution in [3.05, 3.63) is 33.3 Å². The van der Waals surface area contributed by atoms with Gasteiger partial charge in [-0.15, -0.1) is 0 Å². The molecule has 78 valence electrons. The highest BCUT2D eigenvalue weighted by atomic mass is 79.9. The Morgan fingerprint density at radius 1 is 1.36 bits per heavy atom. The molecule has 0 aliphatic heterocycles. The zero-order valence-corrected chi connectivity index (χ0v) is 10.7. The van der Waals surface area contributed by atoms with Crippen LogP contribution in [0.15, 0.2) is 22.7 Å². The summed E-state index contributed by atoms with van der Waals surface area (Å²) in [5, 5.41) is 4.15. The van der Waals surface area contributed by atoms with Crippen molar-refractivity contribution < 1.29 is 0 Å². The van der Waals surface area contributed by atoms with Gasteiger partial charge >= 0.3 is 0 Å². The lowest BCUT2D eigenvalue weighted by atomic mass is 10.1. The second kappa shape index (κ2) is 6.44. The molecule has 0 fully saturated rings. The fraction of sp³-hybridized carbons (Fsp3) is 0.455. The molecule has 0 saturated heterocycles. The van der Waals surface area contributed by atoms with E-state index in [2.05, 4.69) is 34.2 Å². The molecule has 0 bridgehead atoms. The van der Waals surface area contributed by atoms with E-state index in [4.69, 9.17) is 11.6 Å². The van der Waals surface area contributed by atoms with E-state index in [-0.39, 0.29) is 0 Å². The first kappa shape index (κ1) is 12.0. The van der Waals surface area contributed by atoms with Crippen LogP contribution in [0.1, 0.15) is 18.9 Å². The molecule has 0 unspecified atom stereocenters. The third-order valence-corrected chi connectivity index (χ3v) is 2.99. The number of rotatable bonds is 5. The van der Waals surface area contributed by atoms with Gasteiger partial charge in [0.25, 0.3) is 0 Å². The molecule has 0 aliphatic carbocycles. The number of benzene rings is 1. The van der Waals surface area contributed by atoms with Crippen LogP contribution in [0.3, 0.4) is 0 Å². The monoisotopic (exact) mass is 275 g/mol. The number of nitrogens with one attached hydrogen (secondary N) is 1. The number of halogens is 2. The predicted octanol–water partition coefficient (Wildman–Crippen LogP) is 3.64. The molecule has 0 radical (unpaired) electrons. The largest absolute Gasteiger partial charge is 0.316 e. The molecular weight excluding hydrogens is 261 g/mol. The van der Waals surface area contributed by atoms with Gasteiger partial charge in [-0.1, -0.05) is 40.5 Å². The van der Waals surface area contributed by atoms with Crippen LogP contribution in [0.5, 0.6) is 0 Å². The normalized spacial score (nSPS) is 10.5. The fourth-order valence-electron chi connectivity index (χ4n) is 1.25. The Kier molecular flexibility index (Phi) is 5.53. The minimum atomic E-state index is 0.780. The van der Waals surface area contributed by atoms with Crippen LogP contribution in [-0.4, -0.2) is 13.1 Å². The van der Waals surface area contributed by atoms with E-state index < -0.39 is 0 Å². The van der Waals surface area contributed by atoms with E-state index in [0.717, 1.165) is 29.0 Å². The highest BCUT2D eigenvalue weighted by Crippen LogP contribution is 2.21. The second-order valence-corrected chi connectivity index (χ2v) is 4.53. The van der Waals surface area contributed by atoms with Crippen molar-refractivity contribution in [3.63, 3.8) is 0 Å². The molecule has 0 atom stereocenters. The Hall–Kier alpha value is -0.0500. The van der Waals surface area contributed by atoms with Crippen LogP contribution in [-0.2, 0) is 6.42 Å². The molecule has 0 aromatic heterocycles. The SMILES string of the molecule is CCCNCCc1ccc(Cl)cc1Br. The van der Waals surface area contributed by atoms with Crippen LogP contribution in [0.25, 0.3) is 0 Å². The van der Waals surface area contributed by atoms with Crippen molar-refractivity contribution in [1.29, 1.82) is 0 Å². The maximum atomic E-state index is 5.86. The smallest absolute Gasteiger partial charge is 0.0417 e. The second-order valence-electron chi connectivity index (χ2n) is 3.24. The first-order valence-corrected chi connectivity index (χ1v) is 6.05. The molecule has 1 rings (SSSR count). The first-order chi connectivity index (χ1) is 6.74. The van der Waals surface area contributed by atoms with Crippen LogP contribution >= 0.6 is 27.5 Å². The van der Waals surface area contributed by atoms with E-state index in [1.54, 1.807) is 0 Å². The first-order valence-electron chi connectivity index (χ1n) is 4.88. The van der Waals surface area contributed by atoms with Gasteiger partial charge in [-0.25, -0.2) is 0 Å². The molecule has 1 N–H and O–H groups in total. The summed E-state index contributed by atoms with van der Waals surface area (Å²) in [6.45, 7) is 4.28. The lowest BCUT2D eigenvalue weighted by molar-refractivity contribution is 0.670. The zero-order chi connectivity index (χ0) is 10.4. The maximum absolute atomic E-state index is 5.86. The standard InChI is InChI=1S/C11H15BrClN/c1-2-6-14-7-5-9-3-4-10(13)8-11(9)12/h3-4,8,14H,2,5-7H2,1H3. The summed E-state index contributed by atoms with van der Waals surface area (Å²) in [4.78, 5) is 0. The van der Waals surface area contributed by atoms with Crippen molar-refractivity contribution in [2.75, 3.05) is 13.1 Å². The van der Waals surface area contributed by atoms with Crippen molar-refractivity contribution in [2.24, 2.45) is 0 Å². The minimum Gasteiger partial charge on any atom is -0.316 e. The summed E-state index contributed by atoms with van der Waals surface area (Å²) in [5.41, 5.74) is 1.30. The van der Waals surface area contributed by atoms with E-state index >= 15 is 0 Å². The molecular formula is C11H15BrClN. The highest BCUT2D eigenvalue weighted by Gasteiger charge is 1.99. The summed E-state index contributed by atoms with van der Waals surface area (Å²) in [6, 6.07) is 5.94. The van der Waals surface area contributed by atoms with Crippen LogP contribution < -0.4 is 5.32 Å². The molecule has 0 heterocycles. The van der Waals surface area contributed by atoms with Gasteiger partial charge in [-0.2, -0.15) is 0 Å². The van der Waals surface area contributed by atoms with Gasteiger partial charge in [0.15, 0.2) is 0 Å². The van der Waals surface area contributed by atoms with E-state index in [1.807, 2.05) is 12.1 Å². The Bertz CT molecular complexity index is 289. The highest BCUT2D eigenvalue weighted by molar-refractivity contribution is 9.10. The Morgan fingerprint density at radius 2 is 2.14 bits per heavy atom. The minimum absolute atomic E-state index is 0.780. The van der Waals surface area contributed by atoms with Crippen LogP contribution in [0, 0.1) is 0 Å². The summed E-state index contributed by atoms with van der Waals surface area (Å²) in [7, 11) is 0. The molecule has 14 heavy (non-hydrogen) atoms. The lowest BCUT2D eigenvalue weighted by Crippen LogP contribution is -2.17. The van der Waals surface area contributed by atoms with E-state index in [0.29, 0.717) is 0 Å². The van der Waals surface area contributed by atoms with Crippen molar-refractivity contribution in [3.8, 4) is 0 Å². The molecule has 1 aromatic rings. The summed E-state index contributed by atoms with van der Waals surface area (Å²) >= 11 is 9.36. The van der Waals surface area contributed by atoms with E-state index in [1.165, 1.54) is 12.0 Å². The molecule has 0 spiro atoms. The maximum Gasteiger partial charge on any atom is 0.0417 e.